The zero-order valence-electron chi connectivity index (χ0n) is 10.9. The Morgan fingerprint density at radius 1 is 1.26 bits per heavy atom. The summed E-state index contributed by atoms with van der Waals surface area (Å²) >= 11 is 0. The van der Waals surface area contributed by atoms with Gasteiger partial charge in [0.25, 0.3) is 0 Å². The van der Waals surface area contributed by atoms with Gasteiger partial charge in [-0.2, -0.15) is 4.98 Å². The molecular weight excluding hydrogens is 266 g/mol. The first-order valence-corrected chi connectivity index (χ1v) is 7.51. The van der Waals surface area contributed by atoms with Gasteiger partial charge in [0.2, 0.25) is 11.7 Å². The van der Waals surface area contributed by atoms with Crippen LogP contribution in [0.4, 0.5) is 5.69 Å². The van der Waals surface area contributed by atoms with E-state index in [1.807, 2.05) is 0 Å². The first-order valence-electron chi connectivity index (χ1n) is 5.62. The molecule has 1 aromatic heterocycles. The Morgan fingerprint density at radius 2 is 1.89 bits per heavy atom. The maximum atomic E-state index is 11.7. The van der Waals surface area contributed by atoms with Crippen LogP contribution in [0.2, 0.25) is 0 Å². The fourth-order valence-corrected chi connectivity index (χ4v) is 1.84. The lowest BCUT2D eigenvalue weighted by Gasteiger charge is -2.16. The molecule has 0 saturated carbocycles. The molecular formula is C12H15N3O3S. The summed E-state index contributed by atoms with van der Waals surface area (Å²) in [5.74, 6) is 0.332. The van der Waals surface area contributed by atoms with Crippen LogP contribution in [0, 0.1) is 0 Å². The molecule has 6 nitrogen and oxygen atoms in total. The van der Waals surface area contributed by atoms with E-state index in [2.05, 4.69) is 10.1 Å². The topological polar surface area (TPSA) is 99.1 Å². The molecule has 0 atom stereocenters. The van der Waals surface area contributed by atoms with E-state index in [-0.39, 0.29) is 11.7 Å². The van der Waals surface area contributed by atoms with Crippen LogP contribution in [0.1, 0.15) is 19.7 Å². The highest BCUT2D eigenvalue weighted by atomic mass is 32.2. The summed E-state index contributed by atoms with van der Waals surface area (Å²) in [6.07, 6.45) is 1.13. The molecule has 0 saturated heterocycles. The van der Waals surface area contributed by atoms with Crippen LogP contribution >= 0.6 is 0 Å². The van der Waals surface area contributed by atoms with Crippen LogP contribution in [0.3, 0.4) is 0 Å². The number of nitrogen functional groups attached to an aromatic ring is 1. The van der Waals surface area contributed by atoms with E-state index in [1.54, 1.807) is 24.3 Å². The SMILES string of the molecule is CC(C)(c1nc(-c2ccccc2N)no1)S(C)(=O)=O. The quantitative estimate of drug-likeness (QED) is 0.858. The predicted octanol–water partition coefficient (Wildman–Crippen LogP) is 1.60. The Balaban J connectivity index is 2.49. The number of hydrogen-bond acceptors (Lipinski definition) is 6. The number of aromatic nitrogens is 2. The van der Waals surface area contributed by atoms with Gasteiger partial charge in [-0.25, -0.2) is 8.42 Å². The molecule has 0 unspecified atom stereocenters. The van der Waals surface area contributed by atoms with Crippen molar-refractivity contribution in [2.75, 3.05) is 12.0 Å². The molecule has 19 heavy (non-hydrogen) atoms. The molecule has 0 bridgehead atoms. The predicted molar refractivity (Wildman–Crippen MR) is 72.0 cm³/mol. The lowest BCUT2D eigenvalue weighted by Crippen LogP contribution is -2.28. The van der Waals surface area contributed by atoms with Gasteiger partial charge in [0.05, 0.1) is 0 Å². The van der Waals surface area contributed by atoms with E-state index in [4.69, 9.17) is 10.3 Å². The summed E-state index contributed by atoms with van der Waals surface area (Å²) in [6, 6.07) is 7.05. The van der Waals surface area contributed by atoms with Crippen LogP contribution < -0.4 is 5.73 Å². The number of hydrogen-bond donors (Lipinski definition) is 1. The molecule has 1 heterocycles. The summed E-state index contributed by atoms with van der Waals surface area (Å²) in [6.45, 7) is 3.04. The van der Waals surface area contributed by atoms with Crippen LogP contribution in [0.5, 0.6) is 0 Å². The first kappa shape index (κ1) is 13.5. The van der Waals surface area contributed by atoms with Gasteiger partial charge in [-0.1, -0.05) is 17.3 Å². The number of rotatable bonds is 3. The van der Waals surface area contributed by atoms with Crippen molar-refractivity contribution in [3.63, 3.8) is 0 Å². The molecule has 102 valence electrons. The molecule has 2 N–H and O–H groups in total. The molecule has 0 spiro atoms. The van der Waals surface area contributed by atoms with Gasteiger partial charge >= 0.3 is 0 Å². The number of para-hydroxylation sites is 1. The van der Waals surface area contributed by atoms with Crippen LogP contribution in [-0.4, -0.2) is 24.8 Å². The normalized spacial score (nSPS) is 12.6. The molecule has 2 rings (SSSR count). The highest BCUT2D eigenvalue weighted by molar-refractivity contribution is 7.91. The number of anilines is 1. The molecule has 0 aliphatic heterocycles. The van der Waals surface area contributed by atoms with Gasteiger partial charge in [0, 0.05) is 17.5 Å². The summed E-state index contributed by atoms with van der Waals surface area (Å²) in [5, 5.41) is 3.80. The molecule has 0 aliphatic rings. The fourth-order valence-electron chi connectivity index (χ4n) is 1.44. The lowest BCUT2D eigenvalue weighted by molar-refractivity contribution is 0.348. The maximum absolute atomic E-state index is 11.7. The third-order valence-corrected chi connectivity index (χ3v) is 5.10. The highest BCUT2D eigenvalue weighted by Crippen LogP contribution is 2.30. The van der Waals surface area contributed by atoms with Gasteiger partial charge < -0.3 is 10.3 Å². The third-order valence-electron chi connectivity index (χ3n) is 3.07. The van der Waals surface area contributed by atoms with Gasteiger partial charge in [0.1, 0.15) is 4.75 Å². The number of nitrogens with zero attached hydrogens (tertiary/aromatic N) is 2. The van der Waals surface area contributed by atoms with E-state index < -0.39 is 14.6 Å². The van der Waals surface area contributed by atoms with Crippen molar-refractivity contribution in [3.05, 3.63) is 30.2 Å². The Hall–Kier alpha value is -1.89. The largest absolute Gasteiger partial charge is 0.398 e. The van der Waals surface area contributed by atoms with Crippen molar-refractivity contribution in [2.45, 2.75) is 18.6 Å². The molecule has 7 heteroatoms. The number of benzene rings is 1. The summed E-state index contributed by atoms with van der Waals surface area (Å²) in [7, 11) is -3.36. The molecule has 0 aliphatic carbocycles. The second kappa shape index (κ2) is 4.34. The van der Waals surface area contributed by atoms with Crippen LogP contribution in [0.15, 0.2) is 28.8 Å². The minimum absolute atomic E-state index is 0.0493. The summed E-state index contributed by atoms with van der Waals surface area (Å²) in [5.41, 5.74) is 6.94. The third kappa shape index (κ3) is 2.33. The van der Waals surface area contributed by atoms with Crippen LogP contribution in [0.25, 0.3) is 11.4 Å². The molecule has 0 radical (unpaired) electrons. The number of nitrogens with two attached hydrogens (primary N) is 1. The van der Waals surface area contributed by atoms with Gasteiger partial charge in [-0.05, 0) is 26.0 Å². The van der Waals surface area contributed by atoms with Crippen LogP contribution in [-0.2, 0) is 14.6 Å². The molecule has 0 amide bonds. The Kier molecular flexibility index (Phi) is 3.09. The average molecular weight is 281 g/mol. The highest BCUT2D eigenvalue weighted by Gasteiger charge is 2.38. The molecule has 1 aromatic carbocycles. The van der Waals surface area contributed by atoms with E-state index in [0.29, 0.717) is 11.3 Å². The van der Waals surface area contributed by atoms with Gasteiger partial charge in [-0.3, -0.25) is 0 Å². The van der Waals surface area contributed by atoms with E-state index >= 15 is 0 Å². The molecule has 2 aromatic rings. The first-order chi connectivity index (χ1) is 8.73. The van der Waals surface area contributed by atoms with Crippen molar-refractivity contribution in [1.82, 2.24) is 10.1 Å². The second-order valence-electron chi connectivity index (χ2n) is 4.79. The Morgan fingerprint density at radius 3 is 2.47 bits per heavy atom. The fraction of sp³-hybridized carbons (Fsp3) is 0.333. The maximum Gasteiger partial charge on any atom is 0.247 e. The Labute approximate surface area is 111 Å². The van der Waals surface area contributed by atoms with Gasteiger partial charge in [-0.15, -0.1) is 0 Å². The van der Waals surface area contributed by atoms with Crippen molar-refractivity contribution >= 4 is 15.5 Å². The monoisotopic (exact) mass is 281 g/mol. The minimum Gasteiger partial charge on any atom is -0.398 e. The smallest absolute Gasteiger partial charge is 0.247 e. The standard InChI is InChI=1S/C12H15N3O3S/c1-12(2,19(3,16)17)11-14-10(15-18-11)8-6-4-5-7-9(8)13/h4-7H,13H2,1-3H3. The number of sulfone groups is 1. The van der Waals surface area contributed by atoms with Crippen molar-refractivity contribution in [1.29, 1.82) is 0 Å². The van der Waals surface area contributed by atoms with Crippen molar-refractivity contribution in [3.8, 4) is 11.4 Å². The zero-order chi connectivity index (χ0) is 14.3. The van der Waals surface area contributed by atoms with E-state index in [9.17, 15) is 8.42 Å². The Bertz CT molecular complexity index is 705. The minimum atomic E-state index is -3.36. The van der Waals surface area contributed by atoms with Crippen molar-refractivity contribution < 1.29 is 12.9 Å². The molecule has 0 fully saturated rings. The van der Waals surface area contributed by atoms with Gasteiger partial charge in [0.15, 0.2) is 9.84 Å². The lowest BCUT2D eigenvalue weighted by atomic mass is 10.1. The summed E-state index contributed by atoms with van der Waals surface area (Å²) in [4.78, 5) is 4.14. The zero-order valence-corrected chi connectivity index (χ0v) is 11.7. The second-order valence-corrected chi connectivity index (χ2v) is 7.36. The average Bonchev–Trinajstić information content (AvgIpc) is 2.77. The van der Waals surface area contributed by atoms with Crippen molar-refractivity contribution in [2.24, 2.45) is 0 Å². The summed E-state index contributed by atoms with van der Waals surface area (Å²) < 4.78 is 27.3. The van der Waals surface area contributed by atoms with E-state index in [0.717, 1.165) is 6.26 Å². The van der Waals surface area contributed by atoms with E-state index in [1.165, 1.54) is 13.8 Å².